The highest BCUT2D eigenvalue weighted by Gasteiger charge is 2.52. The van der Waals surface area contributed by atoms with Crippen molar-refractivity contribution in [3.63, 3.8) is 0 Å². The second-order valence-corrected chi connectivity index (χ2v) is 11.5. The minimum Gasteiger partial charge on any atom is -0.388 e. The van der Waals surface area contributed by atoms with E-state index < -0.39 is 29.5 Å². The number of aliphatic hydroxyl groups is 1. The molecule has 0 saturated carbocycles. The zero-order valence-electron chi connectivity index (χ0n) is 21.3. The van der Waals surface area contributed by atoms with Crippen molar-refractivity contribution in [1.82, 2.24) is 4.98 Å². The Balaban J connectivity index is 1.79. The average molecular weight is 502 g/mol. The third-order valence-electron chi connectivity index (χ3n) is 7.93. The molecule has 0 radical (unpaired) electrons. The summed E-state index contributed by atoms with van der Waals surface area (Å²) < 4.78 is 53.1. The molecule has 36 heavy (non-hydrogen) atoms. The van der Waals surface area contributed by atoms with Crippen LogP contribution in [0.15, 0.2) is 24.8 Å². The molecule has 2 unspecified atom stereocenters. The fourth-order valence-corrected chi connectivity index (χ4v) is 6.32. The topological polar surface area (TPSA) is 51.6 Å². The van der Waals surface area contributed by atoms with Gasteiger partial charge in [0, 0.05) is 48.6 Å². The van der Waals surface area contributed by atoms with Gasteiger partial charge in [0.25, 0.3) is 0 Å². The number of aromatic nitrogens is 1. The molecule has 2 atom stereocenters. The number of aliphatic hydroxyl groups excluding tert-OH is 1. The Morgan fingerprint density at radius 3 is 2.47 bits per heavy atom. The molecule has 3 heterocycles. The molecular formula is C29H34F3NO3. The lowest BCUT2D eigenvalue weighted by Gasteiger charge is -2.40. The molecule has 3 aliphatic rings. The molecule has 1 fully saturated rings. The van der Waals surface area contributed by atoms with Crippen LogP contribution < -0.4 is 0 Å². The molecule has 0 amide bonds. The Bertz CT molecular complexity index is 1200. The molecule has 1 saturated heterocycles. The number of nitrogens with zero attached hydrogens (tertiary/aromatic N) is 1. The lowest BCUT2D eigenvalue weighted by Crippen LogP contribution is -2.37. The molecule has 194 valence electrons. The molecule has 0 bridgehead atoms. The van der Waals surface area contributed by atoms with Crippen molar-refractivity contribution in [3.8, 4) is 0 Å². The van der Waals surface area contributed by atoms with E-state index in [0.29, 0.717) is 43.6 Å². The van der Waals surface area contributed by atoms with Gasteiger partial charge in [-0.2, -0.15) is 13.2 Å². The van der Waals surface area contributed by atoms with E-state index in [1.807, 2.05) is 0 Å². The number of hydrogen-bond acceptors (Lipinski definition) is 4. The largest absolute Gasteiger partial charge is 0.416 e. The summed E-state index contributed by atoms with van der Waals surface area (Å²) in [5.41, 5.74) is 4.07. The molecular weight excluding hydrogens is 467 g/mol. The summed E-state index contributed by atoms with van der Waals surface area (Å²) >= 11 is 0. The molecule has 5 rings (SSSR count). The molecule has 1 spiro atoms. The molecule has 1 aliphatic carbocycles. The predicted octanol–water partition coefficient (Wildman–Crippen LogP) is 7.00. The lowest BCUT2D eigenvalue weighted by molar-refractivity contribution is -0.137. The lowest BCUT2D eigenvalue weighted by atomic mass is 9.69. The molecule has 1 aromatic heterocycles. The van der Waals surface area contributed by atoms with Crippen LogP contribution in [0, 0.1) is 5.41 Å². The van der Waals surface area contributed by atoms with Crippen LogP contribution in [0.3, 0.4) is 0 Å². The van der Waals surface area contributed by atoms with E-state index >= 15 is 0 Å². The van der Waals surface area contributed by atoms with Gasteiger partial charge in [-0.3, -0.25) is 4.98 Å². The highest BCUT2D eigenvalue weighted by molar-refractivity contribution is 5.60. The SMILES string of the molecule is C=Cc1cc(C(F)(F)F)ccc1C1OC2(CCOCC2)c2c3c(nc(C(C)C)c21)CC(C)(C)CC3O. The number of pyridine rings is 1. The highest BCUT2D eigenvalue weighted by atomic mass is 19.4. The molecule has 2 aromatic rings. The van der Waals surface area contributed by atoms with Crippen molar-refractivity contribution in [2.24, 2.45) is 5.41 Å². The summed E-state index contributed by atoms with van der Waals surface area (Å²) in [5.74, 6) is 0.0638. The fourth-order valence-electron chi connectivity index (χ4n) is 6.32. The fraction of sp³-hybridized carbons (Fsp3) is 0.552. The van der Waals surface area contributed by atoms with Crippen LogP contribution in [0.25, 0.3) is 6.08 Å². The number of rotatable bonds is 3. The van der Waals surface area contributed by atoms with Gasteiger partial charge in [0.15, 0.2) is 0 Å². The van der Waals surface area contributed by atoms with Crippen LogP contribution in [0.2, 0.25) is 0 Å². The quantitative estimate of drug-likeness (QED) is 0.492. The number of benzene rings is 1. The van der Waals surface area contributed by atoms with E-state index in [9.17, 15) is 18.3 Å². The van der Waals surface area contributed by atoms with Crippen molar-refractivity contribution in [2.45, 2.75) is 83.3 Å². The van der Waals surface area contributed by atoms with Crippen molar-refractivity contribution in [3.05, 3.63) is 69.5 Å². The Labute approximate surface area is 210 Å². The Morgan fingerprint density at radius 1 is 1.17 bits per heavy atom. The molecule has 2 aliphatic heterocycles. The first-order valence-electron chi connectivity index (χ1n) is 12.7. The van der Waals surface area contributed by atoms with Gasteiger partial charge in [0.1, 0.15) is 6.10 Å². The Morgan fingerprint density at radius 2 is 1.86 bits per heavy atom. The zero-order valence-corrected chi connectivity index (χ0v) is 21.3. The summed E-state index contributed by atoms with van der Waals surface area (Å²) in [4.78, 5) is 5.12. The van der Waals surface area contributed by atoms with Crippen LogP contribution in [0.4, 0.5) is 13.2 Å². The van der Waals surface area contributed by atoms with Gasteiger partial charge in [-0.15, -0.1) is 0 Å². The zero-order chi connectivity index (χ0) is 26.0. The van der Waals surface area contributed by atoms with Crippen LogP contribution >= 0.6 is 0 Å². The van der Waals surface area contributed by atoms with Crippen LogP contribution in [0.5, 0.6) is 0 Å². The maximum Gasteiger partial charge on any atom is 0.416 e. The van der Waals surface area contributed by atoms with Crippen LogP contribution in [0.1, 0.15) is 110 Å². The molecule has 4 nitrogen and oxygen atoms in total. The number of halogens is 3. The summed E-state index contributed by atoms with van der Waals surface area (Å²) in [6, 6.07) is 3.76. The summed E-state index contributed by atoms with van der Waals surface area (Å²) in [7, 11) is 0. The molecule has 1 N–H and O–H groups in total. The first-order chi connectivity index (χ1) is 16.9. The first-order valence-corrected chi connectivity index (χ1v) is 12.7. The first kappa shape index (κ1) is 25.4. The van der Waals surface area contributed by atoms with Crippen molar-refractivity contribution >= 4 is 6.08 Å². The highest BCUT2D eigenvalue weighted by Crippen LogP contribution is 2.58. The Hall–Kier alpha value is -2.22. The normalized spacial score (nSPS) is 24.6. The van der Waals surface area contributed by atoms with Gasteiger partial charge >= 0.3 is 6.18 Å². The van der Waals surface area contributed by atoms with Crippen molar-refractivity contribution in [1.29, 1.82) is 0 Å². The summed E-state index contributed by atoms with van der Waals surface area (Å²) in [6.07, 6.45) is -1.68. The van der Waals surface area contributed by atoms with E-state index in [0.717, 1.165) is 46.6 Å². The third-order valence-corrected chi connectivity index (χ3v) is 7.93. The smallest absolute Gasteiger partial charge is 0.388 e. The van der Waals surface area contributed by atoms with Crippen LogP contribution in [-0.4, -0.2) is 23.3 Å². The minimum absolute atomic E-state index is 0.0638. The van der Waals surface area contributed by atoms with Gasteiger partial charge in [0.05, 0.1) is 17.3 Å². The van der Waals surface area contributed by atoms with Gasteiger partial charge in [-0.1, -0.05) is 46.4 Å². The number of hydrogen-bond donors (Lipinski definition) is 1. The minimum atomic E-state index is -4.45. The van der Waals surface area contributed by atoms with Gasteiger partial charge in [-0.25, -0.2) is 0 Å². The van der Waals surface area contributed by atoms with E-state index in [2.05, 4.69) is 34.3 Å². The van der Waals surface area contributed by atoms with Gasteiger partial charge in [-0.05, 0) is 53.0 Å². The van der Waals surface area contributed by atoms with E-state index in [-0.39, 0.29) is 11.3 Å². The van der Waals surface area contributed by atoms with Gasteiger partial charge < -0.3 is 14.6 Å². The number of fused-ring (bicyclic) bond motifs is 4. The maximum absolute atomic E-state index is 13.5. The van der Waals surface area contributed by atoms with E-state index in [1.165, 1.54) is 12.1 Å². The van der Waals surface area contributed by atoms with Crippen LogP contribution in [-0.2, 0) is 27.7 Å². The van der Waals surface area contributed by atoms with Crippen molar-refractivity contribution in [2.75, 3.05) is 13.2 Å². The average Bonchev–Trinajstić information content (AvgIpc) is 3.10. The maximum atomic E-state index is 13.5. The number of ether oxygens (including phenoxy) is 2. The second-order valence-electron chi connectivity index (χ2n) is 11.5. The van der Waals surface area contributed by atoms with Gasteiger partial charge in [0.2, 0.25) is 0 Å². The standard InChI is InChI=1S/C29H34F3NO3/c1-6-17-13-18(29(30,31)32)7-8-19(17)26-23-24(28(36-26)9-11-35-12-10-28)22-20(33-25(23)16(2)3)14-27(4,5)15-21(22)34/h6-8,13,16,21,26,34H,1,9-12,14-15H2,2-5H3. The monoisotopic (exact) mass is 501 g/mol. The van der Waals surface area contributed by atoms with Crippen molar-refractivity contribution < 1.29 is 27.8 Å². The summed E-state index contributed by atoms with van der Waals surface area (Å²) in [5, 5.41) is 11.4. The molecule has 1 aromatic carbocycles. The number of alkyl halides is 3. The summed E-state index contributed by atoms with van der Waals surface area (Å²) in [6.45, 7) is 13.3. The molecule has 7 heteroatoms. The van der Waals surface area contributed by atoms with E-state index in [1.54, 1.807) is 0 Å². The Kier molecular flexibility index (Phi) is 6.13. The second kappa shape index (κ2) is 8.67. The van der Waals surface area contributed by atoms with E-state index in [4.69, 9.17) is 14.5 Å². The predicted molar refractivity (Wildman–Crippen MR) is 132 cm³/mol. The third kappa shape index (κ3) is 4.09.